The zero-order valence-electron chi connectivity index (χ0n) is 14.1. The maximum absolute atomic E-state index is 12.8. The van der Waals surface area contributed by atoms with E-state index in [1.165, 1.54) is 27.9 Å². The van der Waals surface area contributed by atoms with E-state index >= 15 is 0 Å². The predicted molar refractivity (Wildman–Crippen MR) is 95.0 cm³/mol. The number of aryl methyl sites for hydroxylation is 1. The van der Waals surface area contributed by atoms with Gasteiger partial charge in [0.15, 0.2) is 0 Å². The smallest absolute Gasteiger partial charge is 0.259 e. The number of nitrogens with one attached hydrogen (secondary N) is 1. The Hall–Kier alpha value is -2.54. The number of anilines is 1. The monoisotopic (exact) mass is 341 g/mol. The van der Waals surface area contributed by atoms with Crippen LogP contribution in [0.5, 0.6) is 0 Å². The van der Waals surface area contributed by atoms with Crippen molar-refractivity contribution >= 4 is 22.9 Å². The molecule has 7 heteroatoms. The highest BCUT2D eigenvalue weighted by molar-refractivity contribution is 7.15. The molecule has 0 unspecified atom stereocenters. The molecule has 6 nitrogen and oxygen atoms in total. The van der Waals surface area contributed by atoms with E-state index in [1.54, 1.807) is 0 Å². The van der Waals surface area contributed by atoms with Crippen LogP contribution in [0.25, 0.3) is 5.00 Å². The van der Waals surface area contributed by atoms with Crippen molar-refractivity contribution in [2.24, 2.45) is 0 Å². The maximum Gasteiger partial charge on any atom is 0.259 e. The van der Waals surface area contributed by atoms with Crippen molar-refractivity contribution in [1.29, 1.82) is 0 Å². The van der Waals surface area contributed by atoms with E-state index in [-0.39, 0.29) is 5.91 Å². The molecule has 3 rings (SSSR count). The average molecular weight is 341 g/mol. The summed E-state index contributed by atoms with van der Waals surface area (Å²) >= 11 is 1.50. The molecule has 0 saturated heterocycles. The summed E-state index contributed by atoms with van der Waals surface area (Å²) < 4.78 is 1.53. The van der Waals surface area contributed by atoms with E-state index in [1.807, 2.05) is 38.1 Å². The molecule has 3 aromatic rings. The molecule has 0 radical (unpaired) electrons. The molecule has 0 spiro atoms. The number of hydrogen-bond donors (Lipinski definition) is 1. The number of benzene rings is 1. The summed E-state index contributed by atoms with van der Waals surface area (Å²) in [6.07, 6.45) is 1.50. The number of tetrazole rings is 1. The molecular weight excluding hydrogens is 322 g/mol. The van der Waals surface area contributed by atoms with E-state index in [0.29, 0.717) is 11.5 Å². The zero-order valence-corrected chi connectivity index (χ0v) is 14.9. The number of carbonyl (C=O) groups is 1. The van der Waals surface area contributed by atoms with Gasteiger partial charge in [-0.25, -0.2) is 0 Å². The van der Waals surface area contributed by atoms with Gasteiger partial charge >= 0.3 is 0 Å². The summed E-state index contributed by atoms with van der Waals surface area (Å²) in [5.74, 6) is 0.308. The Morgan fingerprint density at radius 2 is 1.92 bits per heavy atom. The highest BCUT2D eigenvalue weighted by Crippen LogP contribution is 2.31. The maximum atomic E-state index is 12.8. The van der Waals surface area contributed by atoms with E-state index in [2.05, 4.69) is 34.7 Å². The summed E-state index contributed by atoms with van der Waals surface area (Å²) in [5, 5.41) is 14.9. The van der Waals surface area contributed by atoms with Gasteiger partial charge in [0.1, 0.15) is 11.3 Å². The summed E-state index contributed by atoms with van der Waals surface area (Å²) in [6.45, 7) is 8.21. The van der Waals surface area contributed by atoms with Crippen LogP contribution in [0.2, 0.25) is 0 Å². The van der Waals surface area contributed by atoms with Gasteiger partial charge in [-0.05, 0) is 53.5 Å². The lowest BCUT2D eigenvalue weighted by Gasteiger charge is -2.09. The lowest BCUT2D eigenvalue weighted by molar-refractivity contribution is 0.102. The Morgan fingerprint density at radius 1 is 1.21 bits per heavy atom. The first-order valence-electron chi connectivity index (χ1n) is 7.72. The van der Waals surface area contributed by atoms with Crippen LogP contribution in [-0.2, 0) is 0 Å². The van der Waals surface area contributed by atoms with Gasteiger partial charge in [-0.15, -0.1) is 16.4 Å². The van der Waals surface area contributed by atoms with E-state index in [0.717, 1.165) is 21.1 Å². The third-order valence-electron chi connectivity index (χ3n) is 3.99. The second kappa shape index (κ2) is 6.52. The number of aromatic nitrogens is 4. The van der Waals surface area contributed by atoms with Crippen molar-refractivity contribution in [3.63, 3.8) is 0 Å². The van der Waals surface area contributed by atoms with Crippen LogP contribution in [0.4, 0.5) is 5.69 Å². The lowest BCUT2D eigenvalue weighted by Crippen LogP contribution is -2.15. The molecule has 24 heavy (non-hydrogen) atoms. The Morgan fingerprint density at radius 3 is 2.50 bits per heavy atom. The van der Waals surface area contributed by atoms with Gasteiger partial charge in [-0.3, -0.25) is 4.79 Å². The molecule has 0 aliphatic carbocycles. The molecule has 0 bridgehead atoms. The Balaban J connectivity index is 1.90. The first-order chi connectivity index (χ1) is 11.5. The first kappa shape index (κ1) is 16.3. The third kappa shape index (κ3) is 3.07. The number of carbonyl (C=O) groups excluding carboxylic acids is 1. The SMILES string of the molecule is Cc1sc(-n2cnnn2)c(C(=O)Nc2ccc(C(C)C)cc2)c1C. The minimum absolute atomic E-state index is 0.153. The second-order valence-corrected chi connectivity index (χ2v) is 7.15. The highest BCUT2D eigenvalue weighted by atomic mass is 32.1. The minimum atomic E-state index is -0.153. The molecule has 1 N–H and O–H groups in total. The van der Waals surface area contributed by atoms with Gasteiger partial charge in [0.05, 0.1) is 5.56 Å². The molecule has 2 heterocycles. The molecule has 0 atom stereocenters. The second-order valence-electron chi connectivity index (χ2n) is 5.95. The molecule has 1 amide bonds. The normalized spacial score (nSPS) is 11.0. The summed E-state index contributed by atoms with van der Waals surface area (Å²) in [4.78, 5) is 13.9. The molecule has 124 valence electrons. The molecular formula is C17H19N5OS. The lowest BCUT2D eigenvalue weighted by atomic mass is 10.0. The Bertz CT molecular complexity index is 850. The largest absolute Gasteiger partial charge is 0.322 e. The highest BCUT2D eigenvalue weighted by Gasteiger charge is 2.21. The Labute approximate surface area is 144 Å². The van der Waals surface area contributed by atoms with Gasteiger partial charge in [-0.1, -0.05) is 26.0 Å². The summed E-state index contributed by atoms with van der Waals surface area (Å²) in [5.41, 5.74) is 3.57. The number of hydrogen-bond acceptors (Lipinski definition) is 5. The van der Waals surface area contributed by atoms with Crippen LogP contribution >= 0.6 is 11.3 Å². The van der Waals surface area contributed by atoms with Gasteiger partial charge in [0.2, 0.25) is 0 Å². The topological polar surface area (TPSA) is 72.7 Å². The minimum Gasteiger partial charge on any atom is -0.322 e. The standard InChI is InChI=1S/C17H19N5OS/c1-10(2)13-5-7-14(8-6-13)19-16(23)15-11(3)12(4)24-17(15)22-9-18-20-21-22/h5-10H,1-4H3,(H,19,23). The summed E-state index contributed by atoms with van der Waals surface area (Å²) in [6, 6.07) is 7.93. The molecule has 2 aromatic heterocycles. The van der Waals surface area contributed by atoms with Gasteiger partial charge in [0, 0.05) is 10.6 Å². The molecule has 1 aromatic carbocycles. The van der Waals surface area contributed by atoms with Crippen LogP contribution in [0, 0.1) is 13.8 Å². The van der Waals surface area contributed by atoms with E-state index in [9.17, 15) is 4.79 Å². The fraction of sp³-hybridized carbons (Fsp3) is 0.294. The average Bonchev–Trinajstić information content (AvgIpc) is 3.17. The van der Waals surface area contributed by atoms with Crippen molar-refractivity contribution in [3.05, 3.63) is 52.2 Å². The van der Waals surface area contributed by atoms with Crippen LogP contribution in [0.3, 0.4) is 0 Å². The number of rotatable bonds is 4. The zero-order chi connectivity index (χ0) is 17.3. The van der Waals surface area contributed by atoms with Gasteiger partial charge in [-0.2, -0.15) is 4.68 Å². The van der Waals surface area contributed by atoms with Crippen molar-refractivity contribution in [2.75, 3.05) is 5.32 Å². The molecule has 0 saturated carbocycles. The van der Waals surface area contributed by atoms with Crippen LogP contribution in [-0.4, -0.2) is 26.1 Å². The van der Waals surface area contributed by atoms with Crippen molar-refractivity contribution in [3.8, 4) is 5.00 Å². The fourth-order valence-corrected chi connectivity index (χ4v) is 3.51. The number of nitrogens with zero attached hydrogens (tertiary/aromatic N) is 4. The van der Waals surface area contributed by atoms with Crippen LogP contribution in [0.15, 0.2) is 30.6 Å². The fourth-order valence-electron chi connectivity index (χ4n) is 2.44. The Kier molecular flexibility index (Phi) is 4.44. The number of thiophene rings is 1. The van der Waals surface area contributed by atoms with E-state index < -0.39 is 0 Å². The number of amides is 1. The summed E-state index contributed by atoms with van der Waals surface area (Å²) in [7, 11) is 0. The first-order valence-corrected chi connectivity index (χ1v) is 8.53. The quantitative estimate of drug-likeness (QED) is 0.785. The van der Waals surface area contributed by atoms with Crippen LogP contribution in [0.1, 0.15) is 46.1 Å². The molecule has 0 aliphatic heterocycles. The van der Waals surface area contributed by atoms with Crippen molar-refractivity contribution in [1.82, 2.24) is 20.2 Å². The van der Waals surface area contributed by atoms with E-state index in [4.69, 9.17) is 0 Å². The molecule has 0 aliphatic rings. The molecule has 0 fully saturated rings. The van der Waals surface area contributed by atoms with Crippen molar-refractivity contribution in [2.45, 2.75) is 33.6 Å². The predicted octanol–water partition coefficient (Wildman–Crippen LogP) is 3.72. The van der Waals surface area contributed by atoms with Gasteiger partial charge < -0.3 is 5.32 Å². The van der Waals surface area contributed by atoms with Crippen LogP contribution < -0.4 is 5.32 Å². The van der Waals surface area contributed by atoms with Crippen molar-refractivity contribution < 1.29 is 4.79 Å². The van der Waals surface area contributed by atoms with Gasteiger partial charge in [0.25, 0.3) is 5.91 Å². The third-order valence-corrected chi connectivity index (χ3v) is 5.18.